The van der Waals surface area contributed by atoms with Crippen LogP contribution in [0.5, 0.6) is 5.75 Å². The molecule has 0 amide bonds. The summed E-state index contributed by atoms with van der Waals surface area (Å²) in [5, 5.41) is 4.56. The minimum Gasteiger partial charge on any atom is -0.494 e. The lowest BCUT2D eigenvalue weighted by Gasteiger charge is -2.37. The van der Waals surface area contributed by atoms with E-state index < -0.39 is 0 Å². The lowest BCUT2D eigenvalue weighted by molar-refractivity contribution is 0.249. The van der Waals surface area contributed by atoms with E-state index in [9.17, 15) is 0 Å². The minimum atomic E-state index is 0.549. The number of rotatable bonds is 6. The van der Waals surface area contributed by atoms with Crippen molar-refractivity contribution in [3.63, 3.8) is 0 Å². The molecule has 0 spiro atoms. The van der Waals surface area contributed by atoms with Crippen molar-refractivity contribution in [1.82, 2.24) is 19.9 Å². The number of piperidine rings is 1. The van der Waals surface area contributed by atoms with Crippen LogP contribution < -0.4 is 15.0 Å². The van der Waals surface area contributed by atoms with Crippen LogP contribution >= 0.6 is 0 Å². The van der Waals surface area contributed by atoms with Crippen LogP contribution in [0.2, 0.25) is 0 Å². The summed E-state index contributed by atoms with van der Waals surface area (Å²) in [5.74, 6) is 1.38. The second-order valence-electron chi connectivity index (χ2n) is 9.57. The number of aryl methyl sites for hydroxylation is 1. The van der Waals surface area contributed by atoms with Gasteiger partial charge in [0.05, 0.1) is 18.5 Å². The van der Waals surface area contributed by atoms with Crippen molar-refractivity contribution in [2.45, 2.75) is 32.7 Å². The highest BCUT2D eigenvalue weighted by Crippen LogP contribution is 2.38. The van der Waals surface area contributed by atoms with Crippen molar-refractivity contribution in [1.29, 1.82) is 0 Å². The normalized spacial score (nSPS) is 14.6. The van der Waals surface area contributed by atoms with Gasteiger partial charge in [-0.25, -0.2) is 9.97 Å². The fourth-order valence-corrected chi connectivity index (χ4v) is 5.17. The second kappa shape index (κ2) is 9.58. The van der Waals surface area contributed by atoms with E-state index in [1.165, 1.54) is 18.5 Å². The molecule has 0 saturated carbocycles. The first kappa shape index (κ1) is 23.2. The van der Waals surface area contributed by atoms with Crippen LogP contribution in [-0.2, 0) is 0 Å². The number of fused-ring (bicyclic) bond motifs is 1. The predicted molar refractivity (Wildman–Crippen MR) is 144 cm³/mol. The molecule has 0 unspecified atom stereocenters. The van der Waals surface area contributed by atoms with Gasteiger partial charge in [-0.1, -0.05) is 18.2 Å². The minimum absolute atomic E-state index is 0.549. The molecule has 35 heavy (non-hydrogen) atoms. The van der Waals surface area contributed by atoms with Gasteiger partial charge in [0.1, 0.15) is 5.75 Å². The van der Waals surface area contributed by atoms with Gasteiger partial charge >= 0.3 is 0 Å². The Morgan fingerprint density at radius 1 is 1.09 bits per heavy atom. The maximum atomic E-state index is 5.87. The number of H-pyrrole nitrogens is 1. The number of ether oxygens (including phenoxy) is 1. The van der Waals surface area contributed by atoms with E-state index in [-0.39, 0.29) is 0 Å². The average molecular weight is 471 g/mol. The average Bonchev–Trinajstić information content (AvgIpc) is 3.29. The highest BCUT2D eigenvalue weighted by Gasteiger charge is 2.23. The first-order valence-corrected chi connectivity index (χ1v) is 12.2. The molecule has 2 N–H and O–H groups in total. The van der Waals surface area contributed by atoms with E-state index in [1.807, 2.05) is 31.5 Å². The Morgan fingerprint density at radius 2 is 1.86 bits per heavy atom. The summed E-state index contributed by atoms with van der Waals surface area (Å²) < 4.78 is 5.87. The Kier molecular flexibility index (Phi) is 6.34. The molecular weight excluding hydrogens is 436 g/mol. The van der Waals surface area contributed by atoms with E-state index in [1.54, 1.807) is 7.11 Å². The second-order valence-corrected chi connectivity index (χ2v) is 9.57. The van der Waals surface area contributed by atoms with Crippen molar-refractivity contribution >= 4 is 28.2 Å². The number of methoxy groups -OCH3 is 1. The van der Waals surface area contributed by atoms with Crippen LogP contribution in [0.4, 0.5) is 17.3 Å². The van der Waals surface area contributed by atoms with Gasteiger partial charge in [-0.3, -0.25) is 0 Å². The quantitative estimate of drug-likeness (QED) is 0.386. The maximum Gasteiger partial charge on any atom is 0.227 e. The number of nitrogens with zero attached hydrogens (tertiary/aromatic N) is 4. The molecule has 4 aromatic rings. The molecule has 7 heteroatoms. The van der Waals surface area contributed by atoms with Gasteiger partial charge in [-0.15, -0.1) is 0 Å². The van der Waals surface area contributed by atoms with Crippen LogP contribution in [0.15, 0.2) is 48.8 Å². The van der Waals surface area contributed by atoms with Crippen LogP contribution in [0, 0.1) is 13.8 Å². The van der Waals surface area contributed by atoms with Crippen molar-refractivity contribution in [3.05, 3.63) is 59.9 Å². The summed E-state index contributed by atoms with van der Waals surface area (Å²) in [5.41, 5.74) is 7.33. The van der Waals surface area contributed by atoms with Crippen molar-refractivity contribution in [3.8, 4) is 17.0 Å². The standard InChI is InChI=1S/C28H34N6O/c1-18-16-30-28(32-26(18)22-17-29-23-9-7-6-8-21(22)23)31-24-10-11-25(19(2)27(24)35-5)34-14-12-20(13-15-34)33(3)4/h6-11,16-17,20,29H,12-15H2,1-5H3,(H,30,31,32). The molecule has 2 aromatic carbocycles. The highest BCUT2D eigenvalue weighted by molar-refractivity contribution is 5.95. The molecular formula is C28H34N6O. The van der Waals surface area contributed by atoms with Crippen LogP contribution in [0.1, 0.15) is 24.0 Å². The monoisotopic (exact) mass is 470 g/mol. The SMILES string of the molecule is COc1c(Nc2ncc(C)c(-c3c[nH]c4ccccc34)n2)ccc(N2CCC(N(C)C)CC2)c1C. The van der Waals surface area contributed by atoms with Gasteiger partial charge in [0, 0.05) is 59.2 Å². The van der Waals surface area contributed by atoms with Crippen molar-refractivity contribution in [2.24, 2.45) is 0 Å². The Balaban J connectivity index is 1.43. The first-order valence-electron chi connectivity index (χ1n) is 12.2. The fraction of sp³-hybridized carbons (Fsp3) is 0.357. The molecule has 1 saturated heterocycles. The summed E-state index contributed by atoms with van der Waals surface area (Å²) in [6.45, 7) is 6.27. The zero-order valence-electron chi connectivity index (χ0n) is 21.2. The zero-order valence-corrected chi connectivity index (χ0v) is 21.2. The summed E-state index contributed by atoms with van der Waals surface area (Å²) in [6, 6.07) is 13.2. The number of nitrogens with one attached hydrogen (secondary N) is 2. The van der Waals surface area contributed by atoms with Crippen LogP contribution in [0.25, 0.3) is 22.2 Å². The van der Waals surface area contributed by atoms with Gasteiger partial charge in [0.25, 0.3) is 0 Å². The largest absolute Gasteiger partial charge is 0.494 e. The maximum absolute atomic E-state index is 5.87. The molecule has 0 bridgehead atoms. The number of anilines is 3. The van der Waals surface area contributed by atoms with Gasteiger partial charge in [-0.05, 0) is 64.5 Å². The Hall–Kier alpha value is -3.58. The van der Waals surface area contributed by atoms with Crippen molar-refractivity contribution in [2.75, 3.05) is 44.5 Å². The summed E-state index contributed by atoms with van der Waals surface area (Å²) in [7, 11) is 6.07. The Morgan fingerprint density at radius 3 is 2.60 bits per heavy atom. The number of aromatic nitrogens is 3. The molecule has 5 rings (SSSR count). The molecule has 7 nitrogen and oxygen atoms in total. The van der Waals surface area contributed by atoms with Gasteiger partial charge in [-0.2, -0.15) is 0 Å². The summed E-state index contributed by atoms with van der Waals surface area (Å²) in [6.07, 6.45) is 6.23. The number of hydrogen-bond donors (Lipinski definition) is 2. The highest BCUT2D eigenvalue weighted by atomic mass is 16.5. The molecule has 0 aliphatic carbocycles. The molecule has 1 aliphatic heterocycles. The zero-order chi connectivity index (χ0) is 24.5. The number of benzene rings is 2. The van der Waals surface area contributed by atoms with E-state index in [0.717, 1.165) is 57.8 Å². The molecule has 1 fully saturated rings. The topological polar surface area (TPSA) is 69.3 Å². The Labute approximate surface area is 207 Å². The van der Waals surface area contributed by atoms with Gasteiger partial charge < -0.3 is 24.8 Å². The summed E-state index contributed by atoms with van der Waals surface area (Å²) in [4.78, 5) is 17.6. The van der Waals surface area contributed by atoms with Crippen molar-refractivity contribution < 1.29 is 4.74 Å². The molecule has 182 valence electrons. The third kappa shape index (κ3) is 4.44. The molecule has 0 radical (unpaired) electrons. The lowest BCUT2D eigenvalue weighted by atomic mass is 10.0. The van der Waals surface area contributed by atoms with Crippen LogP contribution in [0.3, 0.4) is 0 Å². The van der Waals surface area contributed by atoms with Gasteiger partial charge in [0.15, 0.2) is 0 Å². The smallest absolute Gasteiger partial charge is 0.227 e. The van der Waals surface area contributed by atoms with Gasteiger partial charge in [0.2, 0.25) is 5.95 Å². The lowest BCUT2D eigenvalue weighted by Crippen LogP contribution is -2.42. The van der Waals surface area contributed by atoms with E-state index in [4.69, 9.17) is 9.72 Å². The predicted octanol–water partition coefficient (Wildman–Crippen LogP) is 5.52. The number of para-hydroxylation sites is 1. The van der Waals surface area contributed by atoms with E-state index in [0.29, 0.717) is 12.0 Å². The third-order valence-corrected chi connectivity index (χ3v) is 7.18. The molecule has 3 heterocycles. The molecule has 0 atom stereocenters. The Bertz CT molecular complexity index is 1340. The molecule has 1 aliphatic rings. The van der Waals surface area contributed by atoms with E-state index >= 15 is 0 Å². The number of hydrogen-bond acceptors (Lipinski definition) is 6. The van der Waals surface area contributed by atoms with E-state index in [2.05, 4.69) is 70.4 Å². The van der Waals surface area contributed by atoms with Crippen LogP contribution in [-0.4, -0.2) is 60.2 Å². The molecule has 2 aromatic heterocycles. The first-order chi connectivity index (χ1) is 17.0. The number of aromatic amines is 1. The fourth-order valence-electron chi connectivity index (χ4n) is 5.17. The third-order valence-electron chi connectivity index (χ3n) is 7.18. The summed E-state index contributed by atoms with van der Waals surface area (Å²) >= 11 is 0.